The molecule has 0 unspecified atom stereocenters. The number of hydrogen-bond donors (Lipinski definition) is 0. The van der Waals surface area contributed by atoms with Crippen LogP contribution < -0.4 is 4.74 Å². The third-order valence-electron chi connectivity index (χ3n) is 4.42. The van der Waals surface area contributed by atoms with Gasteiger partial charge in [-0.25, -0.2) is 0 Å². The molecule has 1 saturated carbocycles. The zero-order valence-electron chi connectivity index (χ0n) is 11.1. The summed E-state index contributed by atoms with van der Waals surface area (Å²) in [6.07, 6.45) is 5.29. The summed E-state index contributed by atoms with van der Waals surface area (Å²) in [5, 5.41) is 9.40. The van der Waals surface area contributed by atoms with E-state index in [0.29, 0.717) is 0 Å². The fourth-order valence-electron chi connectivity index (χ4n) is 2.95. The maximum atomic E-state index is 9.40. The molecule has 2 heteroatoms. The number of rotatable bonds is 1. The van der Waals surface area contributed by atoms with Gasteiger partial charge in [-0.05, 0) is 63.1 Å². The second-order valence-corrected chi connectivity index (χ2v) is 6.23. The minimum absolute atomic E-state index is 0.0576. The zero-order valence-corrected chi connectivity index (χ0v) is 11.1. The van der Waals surface area contributed by atoms with Crippen LogP contribution in [0.5, 0.6) is 5.75 Å². The van der Waals surface area contributed by atoms with Gasteiger partial charge < -0.3 is 4.74 Å². The van der Waals surface area contributed by atoms with Gasteiger partial charge in [0.1, 0.15) is 11.4 Å². The molecule has 0 aromatic heterocycles. The average Bonchev–Trinajstić information content (AvgIpc) is 2.27. The van der Waals surface area contributed by atoms with E-state index in [1.165, 1.54) is 17.5 Å². The summed E-state index contributed by atoms with van der Waals surface area (Å²) in [5.41, 5.74) is 2.20. The van der Waals surface area contributed by atoms with E-state index in [4.69, 9.17) is 4.74 Å². The van der Waals surface area contributed by atoms with Gasteiger partial charge in [-0.15, -0.1) is 0 Å². The number of aryl methyl sites for hydroxylation is 1. The summed E-state index contributed by atoms with van der Waals surface area (Å²) in [6.45, 7) is 4.26. The van der Waals surface area contributed by atoms with Crippen molar-refractivity contribution in [1.29, 1.82) is 5.26 Å². The number of benzene rings is 1. The summed E-state index contributed by atoms with van der Waals surface area (Å²) in [5.74, 6) is 1.00. The summed E-state index contributed by atoms with van der Waals surface area (Å²) in [7, 11) is 0. The van der Waals surface area contributed by atoms with Gasteiger partial charge in [0.05, 0.1) is 11.5 Å². The fourth-order valence-corrected chi connectivity index (χ4v) is 2.95. The first-order valence-electron chi connectivity index (χ1n) is 6.78. The highest BCUT2D eigenvalue weighted by Gasteiger charge is 2.39. The van der Waals surface area contributed by atoms with E-state index >= 15 is 0 Å². The van der Waals surface area contributed by atoms with E-state index in [2.05, 4.69) is 38.1 Å². The topological polar surface area (TPSA) is 33.0 Å². The second-order valence-electron chi connectivity index (χ2n) is 6.23. The van der Waals surface area contributed by atoms with E-state index in [1.807, 2.05) is 0 Å². The minimum atomic E-state index is -0.206. The van der Waals surface area contributed by atoms with Crippen molar-refractivity contribution in [1.82, 2.24) is 0 Å². The molecule has 2 aliphatic rings. The van der Waals surface area contributed by atoms with Crippen LogP contribution in [0.3, 0.4) is 0 Å². The van der Waals surface area contributed by atoms with Gasteiger partial charge in [-0.1, -0.05) is 12.1 Å². The quantitative estimate of drug-likeness (QED) is 0.750. The summed E-state index contributed by atoms with van der Waals surface area (Å²) in [4.78, 5) is 0. The lowest BCUT2D eigenvalue weighted by atomic mass is 9.65. The Morgan fingerprint density at radius 2 is 2.00 bits per heavy atom. The molecule has 0 atom stereocenters. The normalized spacial score (nSPS) is 23.2. The van der Waals surface area contributed by atoms with Crippen molar-refractivity contribution in [2.24, 2.45) is 0 Å². The monoisotopic (exact) mass is 241 g/mol. The van der Waals surface area contributed by atoms with Gasteiger partial charge in [0.15, 0.2) is 0 Å². The smallest absolute Gasteiger partial charge is 0.123 e. The van der Waals surface area contributed by atoms with E-state index < -0.39 is 0 Å². The first-order chi connectivity index (χ1) is 8.55. The maximum absolute atomic E-state index is 9.40. The first-order valence-corrected chi connectivity index (χ1v) is 6.78. The van der Waals surface area contributed by atoms with E-state index in [-0.39, 0.29) is 11.0 Å². The molecule has 94 valence electrons. The maximum Gasteiger partial charge on any atom is 0.123 e. The Morgan fingerprint density at radius 1 is 1.22 bits per heavy atom. The fraction of sp³-hybridized carbons (Fsp3) is 0.562. The first kappa shape index (κ1) is 11.6. The van der Waals surface area contributed by atoms with Gasteiger partial charge in [-0.2, -0.15) is 5.26 Å². The molecule has 0 radical (unpaired) electrons. The van der Waals surface area contributed by atoms with Crippen molar-refractivity contribution in [3.05, 3.63) is 29.3 Å². The molecule has 18 heavy (non-hydrogen) atoms. The Balaban J connectivity index is 1.96. The summed E-state index contributed by atoms with van der Waals surface area (Å²) < 4.78 is 5.99. The lowest BCUT2D eigenvalue weighted by molar-refractivity contribution is 0.0845. The largest absolute Gasteiger partial charge is 0.488 e. The standard InChI is InChI=1S/C16H19NO/c1-15(2)9-6-12-10-13(4-5-14(12)18-15)16(11-17)7-3-8-16/h4-5,10H,3,6-9H2,1-2H3. The number of ether oxygens (including phenoxy) is 1. The van der Waals surface area contributed by atoms with Gasteiger partial charge >= 0.3 is 0 Å². The van der Waals surface area contributed by atoms with Crippen molar-refractivity contribution < 1.29 is 4.74 Å². The Bertz CT molecular complexity index is 520. The molecule has 2 nitrogen and oxygen atoms in total. The van der Waals surface area contributed by atoms with Crippen LogP contribution in [0.2, 0.25) is 0 Å². The lowest BCUT2D eigenvalue weighted by Crippen LogP contribution is -2.34. The summed E-state index contributed by atoms with van der Waals surface area (Å²) in [6, 6.07) is 8.86. The third kappa shape index (κ3) is 1.70. The van der Waals surface area contributed by atoms with Crippen LogP contribution >= 0.6 is 0 Å². The molecule has 1 fully saturated rings. The molecule has 1 aliphatic heterocycles. The van der Waals surface area contributed by atoms with Gasteiger partial charge in [0.25, 0.3) is 0 Å². The highest BCUT2D eigenvalue weighted by molar-refractivity contribution is 5.45. The van der Waals surface area contributed by atoms with E-state index in [1.54, 1.807) is 0 Å². The number of nitrogens with zero attached hydrogens (tertiary/aromatic N) is 1. The van der Waals surface area contributed by atoms with Crippen LogP contribution in [0.4, 0.5) is 0 Å². The second kappa shape index (κ2) is 3.75. The zero-order chi connectivity index (χ0) is 12.8. The Hall–Kier alpha value is -1.49. The van der Waals surface area contributed by atoms with Gasteiger partial charge in [-0.3, -0.25) is 0 Å². The Labute approximate surface area is 109 Å². The molecule has 0 bridgehead atoms. The molecule has 0 saturated heterocycles. The average molecular weight is 241 g/mol. The molecule has 0 N–H and O–H groups in total. The molecular weight excluding hydrogens is 222 g/mol. The van der Waals surface area contributed by atoms with Crippen LogP contribution in [0.25, 0.3) is 0 Å². The molecule has 1 heterocycles. The van der Waals surface area contributed by atoms with Crippen molar-refractivity contribution in [2.45, 2.75) is 57.0 Å². The van der Waals surface area contributed by atoms with Gasteiger partial charge in [0, 0.05) is 0 Å². The molecule has 3 rings (SSSR count). The molecule has 1 aromatic carbocycles. The third-order valence-corrected chi connectivity index (χ3v) is 4.42. The van der Waals surface area contributed by atoms with Crippen molar-refractivity contribution in [3.63, 3.8) is 0 Å². The lowest BCUT2D eigenvalue weighted by Gasteiger charge is -2.37. The number of hydrogen-bond acceptors (Lipinski definition) is 2. The molecule has 1 aliphatic carbocycles. The van der Waals surface area contributed by atoms with Crippen LogP contribution in [-0.4, -0.2) is 5.60 Å². The number of nitriles is 1. The molecule has 0 amide bonds. The van der Waals surface area contributed by atoms with E-state index in [0.717, 1.165) is 31.4 Å². The number of fused-ring (bicyclic) bond motifs is 1. The van der Waals surface area contributed by atoms with Crippen molar-refractivity contribution in [2.75, 3.05) is 0 Å². The van der Waals surface area contributed by atoms with Crippen LogP contribution in [0.1, 0.15) is 50.7 Å². The van der Waals surface area contributed by atoms with Crippen molar-refractivity contribution in [3.8, 4) is 11.8 Å². The van der Waals surface area contributed by atoms with Crippen LogP contribution in [0, 0.1) is 11.3 Å². The van der Waals surface area contributed by atoms with E-state index in [9.17, 15) is 5.26 Å². The predicted molar refractivity (Wildman–Crippen MR) is 70.6 cm³/mol. The minimum Gasteiger partial charge on any atom is -0.488 e. The van der Waals surface area contributed by atoms with Crippen LogP contribution in [-0.2, 0) is 11.8 Å². The predicted octanol–water partition coefficient (Wildman–Crippen LogP) is 3.74. The Morgan fingerprint density at radius 3 is 2.61 bits per heavy atom. The highest BCUT2D eigenvalue weighted by atomic mass is 16.5. The van der Waals surface area contributed by atoms with Gasteiger partial charge in [0.2, 0.25) is 0 Å². The molecule has 1 aromatic rings. The highest BCUT2D eigenvalue weighted by Crippen LogP contribution is 2.45. The van der Waals surface area contributed by atoms with Crippen LogP contribution in [0.15, 0.2) is 18.2 Å². The molecular formula is C16H19NO. The van der Waals surface area contributed by atoms with Crippen molar-refractivity contribution >= 4 is 0 Å². The SMILES string of the molecule is CC1(C)CCc2cc(C3(C#N)CCC3)ccc2O1. The Kier molecular flexibility index (Phi) is 2.41. The molecule has 0 spiro atoms. The summed E-state index contributed by atoms with van der Waals surface area (Å²) >= 11 is 0.